The first-order valence-corrected chi connectivity index (χ1v) is 8.09. The summed E-state index contributed by atoms with van der Waals surface area (Å²) in [7, 11) is 1.95. The number of benzene rings is 1. The van der Waals surface area contributed by atoms with Gasteiger partial charge in [-0.15, -0.1) is 11.3 Å². The first-order chi connectivity index (χ1) is 9.69. The number of nitrogens with zero attached hydrogens (tertiary/aromatic N) is 2. The van der Waals surface area contributed by atoms with E-state index in [4.69, 9.17) is 0 Å². The highest BCUT2D eigenvalue weighted by Crippen LogP contribution is 2.19. The highest BCUT2D eigenvalue weighted by Gasteiger charge is 2.08. The van der Waals surface area contributed by atoms with Crippen molar-refractivity contribution in [2.45, 2.75) is 13.3 Å². The molecule has 3 rings (SSSR count). The van der Waals surface area contributed by atoms with Gasteiger partial charge < -0.3 is 4.57 Å². The molecule has 20 heavy (non-hydrogen) atoms. The van der Waals surface area contributed by atoms with E-state index in [0.29, 0.717) is 4.88 Å². The largest absolute Gasteiger partial charge is 0.319 e. The van der Waals surface area contributed by atoms with E-state index in [1.54, 1.807) is 17.4 Å². The van der Waals surface area contributed by atoms with Gasteiger partial charge in [-0.2, -0.15) is 4.99 Å². The summed E-state index contributed by atoms with van der Waals surface area (Å²) in [6, 6.07) is 10.1. The molecule has 0 unspecified atom stereocenters. The topological polar surface area (TPSA) is 34.4 Å². The Morgan fingerprint density at radius 1 is 1.35 bits per heavy atom. The summed E-state index contributed by atoms with van der Waals surface area (Å²) in [5, 5.41) is 1.89. The van der Waals surface area contributed by atoms with Crippen LogP contribution >= 0.6 is 22.7 Å². The Morgan fingerprint density at radius 2 is 2.20 bits per heavy atom. The summed E-state index contributed by atoms with van der Waals surface area (Å²) < 4.78 is 3.15. The smallest absolute Gasteiger partial charge is 0.289 e. The number of amides is 1. The van der Waals surface area contributed by atoms with Crippen molar-refractivity contribution in [2.75, 3.05) is 0 Å². The molecule has 0 atom stereocenters. The molecule has 3 nitrogen and oxygen atoms in total. The molecule has 2 heterocycles. The van der Waals surface area contributed by atoms with Crippen LogP contribution in [-0.2, 0) is 13.5 Å². The van der Waals surface area contributed by atoms with Gasteiger partial charge in [-0.3, -0.25) is 4.79 Å². The molecule has 1 amide bonds. The number of aromatic nitrogens is 1. The first-order valence-electron chi connectivity index (χ1n) is 6.40. The molecule has 0 saturated heterocycles. The normalized spacial score (nSPS) is 12.2. The van der Waals surface area contributed by atoms with Crippen LogP contribution in [0.4, 0.5) is 0 Å². The molecule has 0 bridgehead atoms. The van der Waals surface area contributed by atoms with Crippen LogP contribution in [0.3, 0.4) is 0 Å². The number of hydrogen-bond donors (Lipinski definition) is 0. The Morgan fingerprint density at radius 3 is 2.90 bits per heavy atom. The van der Waals surface area contributed by atoms with Gasteiger partial charge in [-0.1, -0.05) is 30.4 Å². The van der Waals surface area contributed by atoms with Gasteiger partial charge in [0, 0.05) is 7.05 Å². The van der Waals surface area contributed by atoms with Crippen LogP contribution < -0.4 is 4.80 Å². The predicted molar refractivity (Wildman–Crippen MR) is 84.4 cm³/mol. The molecule has 0 N–H and O–H groups in total. The summed E-state index contributed by atoms with van der Waals surface area (Å²) in [5.41, 5.74) is 2.42. The summed E-state index contributed by atoms with van der Waals surface area (Å²) in [4.78, 5) is 17.7. The molecule has 0 aliphatic rings. The third-order valence-corrected chi connectivity index (χ3v) is 5.16. The maximum Gasteiger partial charge on any atom is 0.289 e. The Balaban J connectivity index is 2.12. The van der Waals surface area contributed by atoms with Gasteiger partial charge in [0.05, 0.1) is 15.1 Å². The van der Waals surface area contributed by atoms with Crippen LogP contribution in [0, 0.1) is 0 Å². The lowest BCUT2D eigenvalue weighted by molar-refractivity contribution is 0.100. The molecule has 2 aromatic heterocycles. The number of fused-ring (bicyclic) bond motifs is 1. The predicted octanol–water partition coefficient (Wildman–Crippen LogP) is 3.60. The minimum Gasteiger partial charge on any atom is -0.319 e. The molecule has 3 aromatic rings. The van der Waals surface area contributed by atoms with Crippen molar-refractivity contribution in [1.82, 2.24) is 4.57 Å². The van der Waals surface area contributed by atoms with E-state index in [2.05, 4.69) is 30.1 Å². The molecule has 102 valence electrons. The van der Waals surface area contributed by atoms with Gasteiger partial charge >= 0.3 is 0 Å². The second-order valence-electron chi connectivity index (χ2n) is 4.49. The highest BCUT2D eigenvalue weighted by molar-refractivity contribution is 7.16. The summed E-state index contributed by atoms with van der Waals surface area (Å²) >= 11 is 2.98. The van der Waals surface area contributed by atoms with E-state index in [0.717, 1.165) is 16.7 Å². The molecule has 0 spiro atoms. The molecule has 0 radical (unpaired) electrons. The number of carbonyl (C=O) groups excluding carboxylic acids is 1. The monoisotopic (exact) mass is 302 g/mol. The Hall–Kier alpha value is -1.72. The quantitative estimate of drug-likeness (QED) is 0.712. The lowest BCUT2D eigenvalue weighted by atomic mass is 10.2. The van der Waals surface area contributed by atoms with Gasteiger partial charge in [-0.05, 0) is 35.6 Å². The van der Waals surface area contributed by atoms with Gasteiger partial charge in [0.1, 0.15) is 0 Å². The number of thiophene rings is 1. The van der Waals surface area contributed by atoms with Crippen LogP contribution in [0.25, 0.3) is 10.2 Å². The fraction of sp³-hybridized carbons (Fsp3) is 0.200. The zero-order valence-electron chi connectivity index (χ0n) is 11.3. The lowest BCUT2D eigenvalue weighted by Crippen LogP contribution is -2.12. The van der Waals surface area contributed by atoms with Gasteiger partial charge in [0.25, 0.3) is 5.91 Å². The van der Waals surface area contributed by atoms with E-state index < -0.39 is 0 Å². The summed E-state index contributed by atoms with van der Waals surface area (Å²) in [6.07, 6.45) is 1.01. The van der Waals surface area contributed by atoms with Crippen molar-refractivity contribution in [3.63, 3.8) is 0 Å². The number of aryl methyl sites for hydroxylation is 2. The van der Waals surface area contributed by atoms with Gasteiger partial charge in [0.15, 0.2) is 4.80 Å². The Bertz CT molecular complexity index is 825. The van der Waals surface area contributed by atoms with E-state index in [9.17, 15) is 4.79 Å². The maximum absolute atomic E-state index is 12.1. The van der Waals surface area contributed by atoms with E-state index in [1.807, 2.05) is 23.1 Å². The van der Waals surface area contributed by atoms with Crippen molar-refractivity contribution in [3.05, 3.63) is 51.0 Å². The second-order valence-corrected chi connectivity index (χ2v) is 6.45. The van der Waals surface area contributed by atoms with Crippen molar-refractivity contribution in [1.29, 1.82) is 0 Å². The number of thiazole rings is 1. The Kier molecular flexibility index (Phi) is 3.54. The number of rotatable bonds is 2. The van der Waals surface area contributed by atoms with E-state index in [-0.39, 0.29) is 5.91 Å². The van der Waals surface area contributed by atoms with Crippen molar-refractivity contribution >= 4 is 38.8 Å². The van der Waals surface area contributed by atoms with Gasteiger partial charge in [-0.25, -0.2) is 0 Å². The fourth-order valence-corrected chi connectivity index (χ4v) is 3.73. The SMILES string of the molecule is CCc1ccc2c(c1)sc(=NC(=O)c1cccs1)n2C. The third kappa shape index (κ3) is 2.34. The minimum atomic E-state index is -0.169. The van der Waals surface area contributed by atoms with Gasteiger partial charge in [0.2, 0.25) is 0 Å². The molecule has 0 aliphatic carbocycles. The zero-order valence-corrected chi connectivity index (χ0v) is 12.9. The van der Waals surface area contributed by atoms with Crippen LogP contribution in [0.5, 0.6) is 0 Å². The maximum atomic E-state index is 12.1. The molecule has 0 fully saturated rings. The van der Waals surface area contributed by atoms with Crippen molar-refractivity contribution in [2.24, 2.45) is 12.0 Å². The van der Waals surface area contributed by atoms with E-state index in [1.165, 1.54) is 21.6 Å². The average Bonchev–Trinajstić information content (AvgIpc) is 3.08. The standard InChI is InChI=1S/C15H14N2OS2/c1-3-10-6-7-11-13(9-10)20-15(17(11)2)16-14(18)12-5-4-8-19-12/h4-9H,3H2,1-2H3. The first kappa shape index (κ1) is 13.3. The second kappa shape index (κ2) is 5.34. The highest BCUT2D eigenvalue weighted by atomic mass is 32.1. The van der Waals surface area contributed by atoms with Crippen LogP contribution in [-0.4, -0.2) is 10.5 Å². The molecule has 5 heteroatoms. The van der Waals surface area contributed by atoms with Crippen molar-refractivity contribution in [3.8, 4) is 0 Å². The molecular weight excluding hydrogens is 288 g/mol. The Labute approximate surface area is 124 Å². The molecule has 1 aromatic carbocycles. The van der Waals surface area contributed by atoms with Crippen LogP contribution in [0.15, 0.2) is 40.7 Å². The summed E-state index contributed by atoms with van der Waals surface area (Å²) in [6.45, 7) is 2.14. The average molecular weight is 302 g/mol. The lowest BCUT2D eigenvalue weighted by Gasteiger charge is -1.97. The third-order valence-electron chi connectivity index (χ3n) is 3.21. The molecular formula is C15H14N2OS2. The minimum absolute atomic E-state index is 0.169. The summed E-state index contributed by atoms with van der Waals surface area (Å²) in [5.74, 6) is -0.169. The van der Waals surface area contributed by atoms with Crippen molar-refractivity contribution < 1.29 is 4.79 Å². The van der Waals surface area contributed by atoms with E-state index >= 15 is 0 Å². The zero-order chi connectivity index (χ0) is 14.1. The molecule has 0 aliphatic heterocycles. The van der Waals surface area contributed by atoms with Crippen LogP contribution in [0.2, 0.25) is 0 Å². The number of hydrogen-bond acceptors (Lipinski definition) is 3. The fourth-order valence-electron chi connectivity index (χ4n) is 2.05. The number of carbonyl (C=O) groups is 1. The molecule has 0 saturated carbocycles. The van der Waals surface area contributed by atoms with Crippen LogP contribution in [0.1, 0.15) is 22.2 Å².